The molecule has 8 heteroatoms. The Morgan fingerprint density at radius 3 is 2.69 bits per heavy atom. The van der Waals surface area contributed by atoms with Gasteiger partial charge in [0.2, 0.25) is 0 Å². The maximum atomic E-state index is 13.2. The van der Waals surface area contributed by atoms with Crippen LogP contribution in [0.25, 0.3) is 6.08 Å². The molecule has 0 bridgehead atoms. The quantitative estimate of drug-likeness (QED) is 0.276. The van der Waals surface area contributed by atoms with Crippen LogP contribution in [0.15, 0.2) is 35.9 Å². The van der Waals surface area contributed by atoms with Crippen LogP contribution >= 0.6 is 34.8 Å². The number of carbonyl (C=O) groups excluding carboxylic acids is 2. The van der Waals surface area contributed by atoms with E-state index in [0.717, 1.165) is 11.1 Å². The number of phenols is 1. The van der Waals surface area contributed by atoms with Crippen LogP contribution in [0.4, 0.5) is 5.69 Å². The Hall–Kier alpha value is -2.46. The van der Waals surface area contributed by atoms with E-state index in [1.54, 1.807) is 25.1 Å². The summed E-state index contributed by atoms with van der Waals surface area (Å²) in [5.41, 5.74) is 3.04. The van der Waals surface area contributed by atoms with E-state index in [9.17, 15) is 14.7 Å². The van der Waals surface area contributed by atoms with E-state index >= 15 is 0 Å². The SMILES string of the molecule is CCOc1cc(/C=C2\C(=O)NC(=S)N(c3cccc(C)c3C)C2=O)cc(I)c1O. The number of aromatic hydroxyl groups is 1. The Kier molecular flexibility index (Phi) is 6.23. The molecule has 6 nitrogen and oxygen atoms in total. The molecule has 150 valence electrons. The van der Waals surface area contributed by atoms with E-state index in [1.807, 2.05) is 48.6 Å². The highest BCUT2D eigenvalue weighted by Gasteiger charge is 2.35. The van der Waals surface area contributed by atoms with Crippen molar-refractivity contribution >= 4 is 63.5 Å². The van der Waals surface area contributed by atoms with Crippen LogP contribution < -0.4 is 15.0 Å². The molecule has 2 N–H and O–H groups in total. The average Bonchev–Trinajstić information content (AvgIpc) is 2.66. The third-order valence-electron chi connectivity index (χ3n) is 4.58. The lowest BCUT2D eigenvalue weighted by Crippen LogP contribution is -2.54. The minimum absolute atomic E-state index is 0.0206. The molecule has 0 radical (unpaired) electrons. The van der Waals surface area contributed by atoms with Crippen LogP contribution in [0.5, 0.6) is 11.5 Å². The molecule has 0 atom stereocenters. The third kappa shape index (κ3) is 4.13. The summed E-state index contributed by atoms with van der Waals surface area (Å²) in [6, 6.07) is 8.83. The molecule has 0 aromatic heterocycles. The second-order valence-corrected chi connectivity index (χ2v) is 8.01. The standard InChI is InChI=1S/C21H19IN2O4S/c1-4-28-17-10-13(9-15(22)18(17)25)8-14-19(26)23-21(29)24(20(14)27)16-7-5-6-11(2)12(16)3/h5-10,25H,4H2,1-3H3,(H,23,26,29)/b14-8+. The second-order valence-electron chi connectivity index (χ2n) is 6.46. The molecule has 2 aromatic rings. The van der Waals surface area contributed by atoms with E-state index in [0.29, 0.717) is 21.4 Å². The van der Waals surface area contributed by atoms with Crippen molar-refractivity contribution in [2.24, 2.45) is 0 Å². The number of benzene rings is 2. The van der Waals surface area contributed by atoms with Crippen molar-refractivity contribution in [3.63, 3.8) is 0 Å². The average molecular weight is 522 g/mol. The number of thiocarbonyl (C=S) groups is 1. The van der Waals surface area contributed by atoms with Crippen LogP contribution in [0.3, 0.4) is 0 Å². The van der Waals surface area contributed by atoms with Crippen molar-refractivity contribution in [1.82, 2.24) is 5.32 Å². The van der Waals surface area contributed by atoms with Crippen LogP contribution in [-0.4, -0.2) is 28.6 Å². The van der Waals surface area contributed by atoms with Crippen molar-refractivity contribution in [1.29, 1.82) is 0 Å². The van der Waals surface area contributed by atoms with Gasteiger partial charge in [-0.15, -0.1) is 0 Å². The molecule has 2 aromatic carbocycles. The molecule has 0 spiro atoms. The van der Waals surface area contributed by atoms with Gasteiger partial charge in [-0.25, -0.2) is 0 Å². The molecule has 1 heterocycles. The number of amides is 2. The molecular weight excluding hydrogens is 503 g/mol. The number of nitrogens with one attached hydrogen (secondary N) is 1. The van der Waals surface area contributed by atoms with Gasteiger partial charge in [0.15, 0.2) is 16.6 Å². The third-order valence-corrected chi connectivity index (χ3v) is 5.69. The van der Waals surface area contributed by atoms with Crippen LogP contribution in [0.1, 0.15) is 23.6 Å². The fourth-order valence-corrected chi connectivity index (χ4v) is 3.86. The maximum absolute atomic E-state index is 13.2. The lowest BCUT2D eigenvalue weighted by Gasteiger charge is -2.30. The number of hydrogen-bond donors (Lipinski definition) is 2. The summed E-state index contributed by atoms with van der Waals surface area (Å²) < 4.78 is 5.98. The molecule has 1 saturated heterocycles. The van der Waals surface area contributed by atoms with Crippen molar-refractivity contribution in [2.45, 2.75) is 20.8 Å². The van der Waals surface area contributed by atoms with Gasteiger partial charge in [0.05, 0.1) is 15.9 Å². The van der Waals surface area contributed by atoms with Gasteiger partial charge in [-0.05, 0) is 96.5 Å². The van der Waals surface area contributed by atoms with Gasteiger partial charge in [-0.1, -0.05) is 12.1 Å². The van der Waals surface area contributed by atoms with Crippen LogP contribution in [-0.2, 0) is 9.59 Å². The zero-order valence-corrected chi connectivity index (χ0v) is 19.1. The normalized spacial score (nSPS) is 15.7. The van der Waals surface area contributed by atoms with Crippen molar-refractivity contribution in [3.8, 4) is 11.5 Å². The monoisotopic (exact) mass is 522 g/mol. The number of phenolic OH excluding ortho intramolecular Hbond substituents is 1. The first-order valence-electron chi connectivity index (χ1n) is 8.87. The Morgan fingerprint density at radius 2 is 2.00 bits per heavy atom. The molecule has 0 aliphatic carbocycles. The number of anilines is 1. The summed E-state index contributed by atoms with van der Waals surface area (Å²) in [5.74, 6) is -0.764. The summed E-state index contributed by atoms with van der Waals surface area (Å²) >= 11 is 7.24. The molecule has 29 heavy (non-hydrogen) atoms. The first kappa shape index (κ1) is 21.3. The first-order valence-corrected chi connectivity index (χ1v) is 10.4. The summed E-state index contributed by atoms with van der Waals surface area (Å²) in [6.45, 7) is 6.02. The summed E-state index contributed by atoms with van der Waals surface area (Å²) in [4.78, 5) is 27.1. The summed E-state index contributed by atoms with van der Waals surface area (Å²) in [6.07, 6.45) is 1.47. The molecule has 1 fully saturated rings. The maximum Gasteiger partial charge on any atom is 0.270 e. The number of nitrogens with zero attached hydrogens (tertiary/aromatic N) is 1. The van der Waals surface area contributed by atoms with Gasteiger partial charge in [0, 0.05) is 0 Å². The number of aryl methyl sites for hydroxylation is 1. The van der Waals surface area contributed by atoms with Gasteiger partial charge >= 0.3 is 0 Å². The Morgan fingerprint density at radius 1 is 1.28 bits per heavy atom. The molecule has 0 unspecified atom stereocenters. The number of hydrogen-bond acceptors (Lipinski definition) is 5. The summed E-state index contributed by atoms with van der Waals surface area (Å²) in [5, 5.41) is 12.8. The first-order chi connectivity index (χ1) is 13.7. The minimum atomic E-state index is -0.567. The van der Waals surface area contributed by atoms with Gasteiger partial charge in [0.25, 0.3) is 11.8 Å². The van der Waals surface area contributed by atoms with Crippen molar-refractivity contribution < 1.29 is 19.4 Å². The Balaban J connectivity index is 2.08. The molecular formula is C21H19IN2O4S. The topological polar surface area (TPSA) is 78.9 Å². The zero-order chi connectivity index (χ0) is 21.3. The Labute approximate surface area is 187 Å². The smallest absolute Gasteiger partial charge is 0.270 e. The number of halogens is 1. The second kappa shape index (κ2) is 8.50. The van der Waals surface area contributed by atoms with Crippen molar-refractivity contribution in [3.05, 3.63) is 56.2 Å². The largest absolute Gasteiger partial charge is 0.504 e. The number of rotatable bonds is 4. The highest BCUT2D eigenvalue weighted by atomic mass is 127. The minimum Gasteiger partial charge on any atom is -0.504 e. The van der Waals surface area contributed by atoms with E-state index in [1.165, 1.54) is 11.0 Å². The van der Waals surface area contributed by atoms with Crippen LogP contribution in [0.2, 0.25) is 0 Å². The number of ether oxygens (including phenoxy) is 1. The van der Waals surface area contributed by atoms with E-state index < -0.39 is 11.8 Å². The molecule has 1 aliphatic heterocycles. The fourth-order valence-electron chi connectivity index (χ4n) is 2.96. The van der Waals surface area contributed by atoms with E-state index in [4.69, 9.17) is 17.0 Å². The lowest BCUT2D eigenvalue weighted by atomic mass is 10.0. The Bertz CT molecular complexity index is 1060. The predicted molar refractivity (Wildman–Crippen MR) is 124 cm³/mol. The highest BCUT2D eigenvalue weighted by molar-refractivity contribution is 14.1. The number of carbonyl (C=O) groups is 2. The summed E-state index contributed by atoms with van der Waals surface area (Å²) in [7, 11) is 0. The molecule has 3 rings (SSSR count). The van der Waals surface area contributed by atoms with Gasteiger partial charge < -0.3 is 9.84 Å². The van der Waals surface area contributed by atoms with Gasteiger partial charge in [-0.2, -0.15) is 0 Å². The van der Waals surface area contributed by atoms with E-state index in [-0.39, 0.29) is 22.2 Å². The van der Waals surface area contributed by atoms with Gasteiger partial charge in [-0.3, -0.25) is 19.8 Å². The molecule has 2 amide bonds. The zero-order valence-electron chi connectivity index (χ0n) is 16.1. The van der Waals surface area contributed by atoms with Crippen molar-refractivity contribution in [2.75, 3.05) is 11.5 Å². The highest BCUT2D eigenvalue weighted by Crippen LogP contribution is 2.34. The lowest BCUT2D eigenvalue weighted by molar-refractivity contribution is -0.122. The predicted octanol–water partition coefficient (Wildman–Crippen LogP) is 3.84. The van der Waals surface area contributed by atoms with Crippen LogP contribution in [0, 0.1) is 17.4 Å². The van der Waals surface area contributed by atoms with E-state index in [2.05, 4.69) is 5.32 Å². The molecule has 1 aliphatic rings. The van der Waals surface area contributed by atoms with Gasteiger partial charge in [0.1, 0.15) is 5.57 Å². The fraction of sp³-hybridized carbons (Fsp3) is 0.190. The molecule has 0 saturated carbocycles.